The van der Waals surface area contributed by atoms with Crippen LogP contribution in [0.5, 0.6) is 0 Å². The number of methoxy groups -OCH3 is 1. The Hall–Kier alpha value is -1.98. The Balaban J connectivity index is 2.56. The van der Waals surface area contributed by atoms with Gasteiger partial charge in [-0.3, -0.25) is 0 Å². The van der Waals surface area contributed by atoms with Crippen molar-refractivity contribution >= 4 is 17.0 Å². The topological polar surface area (TPSA) is 44.1 Å². The number of aromatic nitrogens is 2. The minimum atomic E-state index is -0.976. The largest absolute Gasteiger partial charge is 0.467 e. The van der Waals surface area contributed by atoms with Crippen LogP contribution in [0.3, 0.4) is 0 Å². The third kappa shape index (κ3) is 1.86. The van der Waals surface area contributed by atoms with Crippen molar-refractivity contribution in [2.24, 2.45) is 0 Å². The van der Waals surface area contributed by atoms with Gasteiger partial charge >= 0.3 is 5.97 Å². The molecule has 0 saturated carbocycles. The van der Waals surface area contributed by atoms with Crippen molar-refractivity contribution in [1.82, 2.24) is 9.55 Å². The Kier molecular flexibility index (Phi) is 2.79. The zero-order valence-corrected chi connectivity index (χ0v) is 9.28. The molecule has 0 aliphatic carbocycles. The zero-order chi connectivity index (χ0) is 12.6. The van der Waals surface area contributed by atoms with E-state index >= 15 is 0 Å². The molecule has 0 aliphatic rings. The lowest BCUT2D eigenvalue weighted by atomic mass is 10.2. The lowest BCUT2D eigenvalue weighted by Crippen LogP contribution is -2.17. The predicted molar refractivity (Wildman–Crippen MR) is 56.4 cm³/mol. The number of esters is 1. The molecule has 6 heteroatoms. The Morgan fingerprint density at radius 2 is 2.06 bits per heavy atom. The molecule has 0 saturated heterocycles. The van der Waals surface area contributed by atoms with E-state index in [-0.39, 0.29) is 0 Å². The van der Waals surface area contributed by atoms with Crippen molar-refractivity contribution in [1.29, 1.82) is 0 Å². The van der Waals surface area contributed by atoms with Gasteiger partial charge in [0.25, 0.3) is 0 Å². The van der Waals surface area contributed by atoms with Crippen molar-refractivity contribution in [3.8, 4) is 0 Å². The van der Waals surface area contributed by atoms with Gasteiger partial charge < -0.3 is 9.30 Å². The van der Waals surface area contributed by atoms with Crippen LogP contribution < -0.4 is 0 Å². The first-order chi connectivity index (χ1) is 8.04. The lowest BCUT2D eigenvalue weighted by molar-refractivity contribution is -0.143. The second-order valence-electron chi connectivity index (χ2n) is 3.61. The molecule has 1 aromatic carbocycles. The average Bonchev–Trinajstić information content (AvgIpc) is 2.70. The van der Waals surface area contributed by atoms with Crippen LogP contribution in [0.1, 0.15) is 13.0 Å². The molecule has 0 spiro atoms. The third-order valence-corrected chi connectivity index (χ3v) is 2.58. The molecule has 90 valence electrons. The van der Waals surface area contributed by atoms with Crippen molar-refractivity contribution in [2.75, 3.05) is 7.11 Å². The van der Waals surface area contributed by atoms with E-state index in [1.165, 1.54) is 18.0 Å². The second-order valence-corrected chi connectivity index (χ2v) is 3.61. The normalized spacial score (nSPS) is 12.7. The number of nitrogens with zero attached hydrogens (tertiary/aromatic N) is 2. The molecule has 0 aliphatic heterocycles. The van der Waals surface area contributed by atoms with Crippen molar-refractivity contribution in [3.05, 3.63) is 30.1 Å². The summed E-state index contributed by atoms with van der Waals surface area (Å²) in [4.78, 5) is 15.3. The number of benzene rings is 1. The number of halogens is 2. The Morgan fingerprint density at radius 3 is 2.71 bits per heavy atom. The van der Waals surface area contributed by atoms with E-state index in [4.69, 9.17) is 0 Å². The summed E-state index contributed by atoms with van der Waals surface area (Å²) in [7, 11) is 1.26. The molecule has 1 heterocycles. The summed E-state index contributed by atoms with van der Waals surface area (Å²) in [5, 5.41) is 0. The monoisotopic (exact) mass is 240 g/mol. The molecule has 4 nitrogen and oxygen atoms in total. The molecule has 0 unspecified atom stereocenters. The maximum atomic E-state index is 13.1. The number of hydrogen-bond donors (Lipinski definition) is 0. The first-order valence-corrected chi connectivity index (χ1v) is 4.94. The minimum Gasteiger partial charge on any atom is -0.467 e. The van der Waals surface area contributed by atoms with E-state index < -0.39 is 23.6 Å². The summed E-state index contributed by atoms with van der Waals surface area (Å²) < 4.78 is 32.1. The summed E-state index contributed by atoms with van der Waals surface area (Å²) in [5.41, 5.74) is 0.640. The van der Waals surface area contributed by atoms with Crippen LogP contribution in [-0.4, -0.2) is 22.6 Å². The van der Waals surface area contributed by atoms with Gasteiger partial charge in [-0.1, -0.05) is 0 Å². The predicted octanol–water partition coefficient (Wildman–Crippen LogP) is 2.05. The quantitative estimate of drug-likeness (QED) is 0.754. The van der Waals surface area contributed by atoms with E-state index in [1.807, 2.05) is 0 Å². The molecule has 2 rings (SSSR count). The molecule has 2 aromatic rings. The number of rotatable bonds is 2. The minimum absolute atomic E-state index is 0.291. The van der Waals surface area contributed by atoms with Gasteiger partial charge in [0, 0.05) is 12.1 Å². The van der Waals surface area contributed by atoms with E-state index in [0.717, 1.165) is 12.1 Å². The number of carbonyl (C=O) groups excluding carboxylic acids is 1. The zero-order valence-electron chi connectivity index (χ0n) is 9.28. The molecular formula is C11H10F2N2O2. The van der Waals surface area contributed by atoms with Gasteiger partial charge in [0.15, 0.2) is 11.6 Å². The number of ether oxygens (including phenoxy) is 1. The highest BCUT2D eigenvalue weighted by Crippen LogP contribution is 2.21. The summed E-state index contributed by atoms with van der Waals surface area (Å²) in [5.74, 6) is -2.42. The summed E-state index contributed by atoms with van der Waals surface area (Å²) in [6, 6.07) is 1.36. The first kappa shape index (κ1) is 11.5. The van der Waals surface area contributed by atoms with Crippen molar-refractivity contribution < 1.29 is 18.3 Å². The molecule has 0 fully saturated rings. The Morgan fingerprint density at radius 1 is 1.41 bits per heavy atom. The summed E-state index contributed by atoms with van der Waals surface area (Å²) in [6.45, 7) is 1.59. The average molecular weight is 240 g/mol. The maximum absolute atomic E-state index is 13.1. The van der Waals surface area contributed by atoms with Crippen LogP contribution >= 0.6 is 0 Å². The summed E-state index contributed by atoms with van der Waals surface area (Å²) in [6.07, 6.45) is 1.35. The van der Waals surface area contributed by atoms with Crippen molar-refractivity contribution in [2.45, 2.75) is 13.0 Å². The highest BCUT2D eigenvalue weighted by atomic mass is 19.2. The molecule has 17 heavy (non-hydrogen) atoms. The second kappa shape index (κ2) is 4.12. The first-order valence-electron chi connectivity index (χ1n) is 4.94. The molecule has 0 amide bonds. The van der Waals surface area contributed by atoms with E-state index in [9.17, 15) is 13.6 Å². The maximum Gasteiger partial charge on any atom is 0.328 e. The van der Waals surface area contributed by atoms with E-state index in [2.05, 4.69) is 9.72 Å². The number of hydrogen-bond acceptors (Lipinski definition) is 3. The van der Waals surface area contributed by atoms with Gasteiger partial charge in [0.2, 0.25) is 0 Å². The van der Waals surface area contributed by atoms with Gasteiger partial charge in [-0.2, -0.15) is 0 Å². The molecular weight excluding hydrogens is 230 g/mol. The Labute approximate surface area is 95.8 Å². The third-order valence-electron chi connectivity index (χ3n) is 2.58. The fraction of sp³-hybridized carbons (Fsp3) is 0.273. The highest BCUT2D eigenvalue weighted by Gasteiger charge is 2.18. The molecule has 1 aromatic heterocycles. The van der Waals surface area contributed by atoms with Crippen LogP contribution in [0.15, 0.2) is 18.5 Å². The SMILES string of the molecule is COC(=O)[C@H](C)n1cnc2cc(F)c(F)cc21. The summed E-state index contributed by atoms with van der Waals surface area (Å²) >= 11 is 0. The standard InChI is InChI=1S/C11H10F2N2O2/c1-6(11(16)17-2)15-5-14-9-3-7(12)8(13)4-10(9)15/h3-6H,1-2H3/t6-/m0/s1. The van der Waals surface area contributed by atoms with Gasteiger partial charge in [-0.05, 0) is 6.92 Å². The van der Waals surface area contributed by atoms with Gasteiger partial charge in [-0.25, -0.2) is 18.6 Å². The fourth-order valence-corrected chi connectivity index (χ4v) is 1.62. The van der Waals surface area contributed by atoms with E-state index in [1.54, 1.807) is 6.92 Å². The van der Waals surface area contributed by atoms with Gasteiger partial charge in [0.1, 0.15) is 6.04 Å². The van der Waals surface area contributed by atoms with Crippen LogP contribution in [0.2, 0.25) is 0 Å². The molecule has 1 atom stereocenters. The molecule has 0 N–H and O–H groups in total. The van der Waals surface area contributed by atoms with Crippen LogP contribution in [0.25, 0.3) is 11.0 Å². The van der Waals surface area contributed by atoms with Gasteiger partial charge in [-0.15, -0.1) is 0 Å². The number of carbonyl (C=O) groups is 1. The number of fused-ring (bicyclic) bond motifs is 1. The lowest BCUT2D eigenvalue weighted by Gasteiger charge is -2.11. The van der Waals surface area contributed by atoms with Crippen LogP contribution in [0.4, 0.5) is 8.78 Å². The van der Waals surface area contributed by atoms with Crippen LogP contribution in [-0.2, 0) is 9.53 Å². The highest BCUT2D eigenvalue weighted by molar-refractivity contribution is 5.80. The Bertz CT molecular complexity index is 580. The van der Waals surface area contributed by atoms with Crippen molar-refractivity contribution in [3.63, 3.8) is 0 Å². The van der Waals surface area contributed by atoms with Gasteiger partial charge in [0.05, 0.1) is 24.5 Å². The fourth-order valence-electron chi connectivity index (χ4n) is 1.62. The van der Waals surface area contributed by atoms with E-state index in [0.29, 0.717) is 11.0 Å². The molecule has 0 bridgehead atoms. The number of imidazole rings is 1. The smallest absolute Gasteiger partial charge is 0.328 e. The van der Waals surface area contributed by atoms with Crippen LogP contribution in [0, 0.1) is 11.6 Å². The molecule has 0 radical (unpaired) electrons.